The molecular weight excluding hydrogens is 250 g/mol. The molecule has 112 valence electrons. The highest BCUT2D eigenvalue weighted by atomic mass is 16.2. The van der Waals surface area contributed by atoms with Crippen LogP contribution in [0.3, 0.4) is 0 Å². The number of benzene rings is 1. The zero-order chi connectivity index (χ0) is 15.5. The fourth-order valence-corrected chi connectivity index (χ4v) is 2.00. The smallest absolute Gasteiger partial charge is 0.238 e. The van der Waals surface area contributed by atoms with Gasteiger partial charge >= 0.3 is 0 Å². The Morgan fingerprint density at radius 2 is 2.00 bits per heavy atom. The van der Waals surface area contributed by atoms with Crippen LogP contribution in [-0.4, -0.2) is 30.4 Å². The number of hydrogen-bond donors (Lipinski definition) is 2. The van der Waals surface area contributed by atoms with Crippen LogP contribution in [0.2, 0.25) is 0 Å². The third-order valence-electron chi connectivity index (χ3n) is 3.96. The van der Waals surface area contributed by atoms with E-state index in [9.17, 15) is 4.79 Å². The molecule has 0 fully saturated rings. The van der Waals surface area contributed by atoms with Crippen LogP contribution < -0.4 is 11.1 Å². The SMILES string of the molecule is Cc1c(N)cccc1NC(=O)CN(C)C(C)C(C)(C)C. The Bertz CT molecular complexity index is 477. The van der Waals surface area contributed by atoms with Crippen molar-refractivity contribution in [1.82, 2.24) is 4.90 Å². The minimum atomic E-state index is -0.0164. The van der Waals surface area contributed by atoms with Crippen molar-refractivity contribution < 1.29 is 4.79 Å². The number of carbonyl (C=O) groups is 1. The van der Waals surface area contributed by atoms with Crippen molar-refractivity contribution in [2.45, 2.75) is 40.7 Å². The number of nitrogens with zero attached hydrogens (tertiary/aromatic N) is 1. The second-order valence-corrected chi connectivity index (χ2v) is 6.53. The fraction of sp³-hybridized carbons (Fsp3) is 0.562. The summed E-state index contributed by atoms with van der Waals surface area (Å²) in [6, 6.07) is 5.87. The molecule has 0 saturated heterocycles. The van der Waals surface area contributed by atoms with Gasteiger partial charge in [0.1, 0.15) is 0 Å². The summed E-state index contributed by atoms with van der Waals surface area (Å²) >= 11 is 0. The number of rotatable bonds is 4. The Morgan fingerprint density at radius 1 is 1.40 bits per heavy atom. The van der Waals surface area contributed by atoms with Gasteiger partial charge in [-0.05, 0) is 44.0 Å². The summed E-state index contributed by atoms with van der Waals surface area (Å²) in [6.07, 6.45) is 0. The molecule has 1 unspecified atom stereocenters. The van der Waals surface area contributed by atoms with Gasteiger partial charge in [0.05, 0.1) is 6.54 Å². The van der Waals surface area contributed by atoms with E-state index < -0.39 is 0 Å². The van der Waals surface area contributed by atoms with E-state index in [0.717, 1.165) is 11.3 Å². The quantitative estimate of drug-likeness (QED) is 0.832. The van der Waals surface area contributed by atoms with Gasteiger partial charge in [0.25, 0.3) is 0 Å². The Labute approximate surface area is 122 Å². The molecule has 20 heavy (non-hydrogen) atoms. The summed E-state index contributed by atoms with van der Waals surface area (Å²) in [5.41, 5.74) is 8.37. The standard InChI is InChI=1S/C16H27N3O/c1-11-13(17)8-7-9-14(11)18-15(20)10-19(6)12(2)16(3,4)5/h7-9,12H,10,17H2,1-6H3,(H,18,20). The molecule has 0 spiro atoms. The van der Waals surface area contributed by atoms with Crippen molar-refractivity contribution in [3.05, 3.63) is 23.8 Å². The van der Waals surface area contributed by atoms with Crippen molar-refractivity contribution in [2.75, 3.05) is 24.6 Å². The summed E-state index contributed by atoms with van der Waals surface area (Å²) in [5.74, 6) is -0.0164. The summed E-state index contributed by atoms with van der Waals surface area (Å²) in [5, 5.41) is 2.93. The van der Waals surface area contributed by atoms with Crippen molar-refractivity contribution in [3.63, 3.8) is 0 Å². The molecule has 1 amide bonds. The molecule has 1 rings (SSSR count). The lowest BCUT2D eigenvalue weighted by molar-refractivity contribution is -0.117. The van der Waals surface area contributed by atoms with E-state index in [1.165, 1.54) is 0 Å². The number of anilines is 2. The first-order chi connectivity index (χ1) is 9.12. The van der Waals surface area contributed by atoms with Crippen LogP contribution in [0.15, 0.2) is 18.2 Å². The Kier molecular flexibility index (Phi) is 5.17. The number of amides is 1. The lowest BCUT2D eigenvalue weighted by atomic mass is 9.87. The van der Waals surface area contributed by atoms with Crippen LogP contribution in [0.1, 0.15) is 33.3 Å². The molecule has 0 aromatic heterocycles. The Morgan fingerprint density at radius 3 is 2.55 bits per heavy atom. The molecule has 0 saturated carbocycles. The molecule has 0 aliphatic heterocycles. The van der Waals surface area contributed by atoms with Gasteiger partial charge in [0.2, 0.25) is 5.91 Å². The zero-order valence-electron chi connectivity index (χ0n) is 13.4. The molecular formula is C16H27N3O. The number of hydrogen-bond acceptors (Lipinski definition) is 3. The van der Waals surface area contributed by atoms with Gasteiger partial charge in [-0.2, -0.15) is 0 Å². The van der Waals surface area contributed by atoms with E-state index in [2.05, 4.69) is 37.9 Å². The molecule has 1 atom stereocenters. The normalized spacial score (nSPS) is 13.3. The summed E-state index contributed by atoms with van der Waals surface area (Å²) in [4.78, 5) is 14.2. The monoisotopic (exact) mass is 277 g/mol. The number of carbonyl (C=O) groups excluding carboxylic acids is 1. The van der Waals surface area contributed by atoms with Crippen LogP contribution >= 0.6 is 0 Å². The van der Waals surface area contributed by atoms with Crippen molar-refractivity contribution in [2.24, 2.45) is 5.41 Å². The first-order valence-electron chi connectivity index (χ1n) is 6.98. The molecule has 1 aromatic carbocycles. The summed E-state index contributed by atoms with van der Waals surface area (Å²) in [7, 11) is 1.97. The fourth-order valence-electron chi connectivity index (χ4n) is 2.00. The predicted molar refractivity (Wildman–Crippen MR) is 85.8 cm³/mol. The highest BCUT2D eigenvalue weighted by Crippen LogP contribution is 2.23. The molecule has 0 heterocycles. The second kappa shape index (κ2) is 6.27. The largest absolute Gasteiger partial charge is 0.398 e. The Balaban J connectivity index is 2.67. The predicted octanol–water partition coefficient (Wildman–Crippen LogP) is 2.88. The summed E-state index contributed by atoms with van der Waals surface area (Å²) in [6.45, 7) is 10.9. The molecule has 1 aromatic rings. The highest BCUT2D eigenvalue weighted by Gasteiger charge is 2.25. The van der Waals surface area contributed by atoms with Gasteiger partial charge in [-0.3, -0.25) is 9.69 Å². The molecule has 0 aliphatic carbocycles. The first kappa shape index (κ1) is 16.5. The molecule has 0 bridgehead atoms. The van der Waals surface area contributed by atoms with Crippen LogP contribution in [0, 0.1) is 12.3 Å². The first-order valence-corrected chi connectivity index (χ1v) is 6.98. The van der Waals surface area contributed by atoms with Gasteiger partial charge in [-0.25, -0.2) is 0 Å². The minimum absolute atomic E-state index is 0.0164. The van der Waals surface area contributed by atoms with Gasteiger partial charge in [0.15, 0.2) is 0 Å². The highest BCUT2D eigenvalue weighted by molar-refractivity contribution is 5.93. The second-order valence-electron chi connectivity index (χ2n) is 6.53. The summed E-state index contributed by atoms with van der Waals surface area (Å²) < 4.78 is 0. The lowest BCUT2D eigenvalue weighted by Crippen LogP contribution is -2.43. The van der Waals surface area contributed by atoms with E-state index in [0.29, 0.717) is 18.3 Å². The van der Waals surface area contributed by atoms with E-state index >= 15 is 0 Å². The lowest BCUT2D eigenvalue weighted by Gasteiger charge is -2.34. The van der Waals surface area contributed by atoms with E-state index in [1.807, 2.05) is 32.2 Å². The van der Waals surface area contributed by atoms with E-state index in [1.54, 1.807) is 0 Å². The topological polar surface area (TPSA) is 58.4 Å². The van der Waals surface area contributed by atoms with Crippen molar-refractivity contribution >= 4 is 17.3 Å². The number of nitrogens with two attached hydrogens (primary N) is 1. The van der Waals surface area contributed by atoms with E-state index in [-0.39, 0.29) is 11.3 Å². The van der Waals surface area contributed by atoms with Crippen LogP contribution in [0.25, 0.3) is 0 Å². The third-order valence-corrected chi connectivity index (χ3v) is 3.96. The molecule has 0 aliphatic rings. The number of nitrogens with one attached hydrogen (secondary N) is 1. The molecule has 3 N–H and O–H groups in total. The third kappa shape index (κ3) is 4.23. The molecule has 4 nitrogen and oxygen atoms in total. The maximum absolute atomic E-state index is 12.1. The average Bonchev–Trinajstić information content (AvgIpc) is 2.32. The maximum Gasteiger partial charge on any atom is 0.238 e. The van der Waals surface area contributed by atoms with Crippen molar-refractivity contribution in [3.8, 4) is 0 Å². The zero-order valence-corrected chi connectivity index (χ0v) is 13.4. The van der Waals surface area contributed by atoms with Gasteiger partial charge in [0, 0.05) is 17.4 Å². The maximum atomic E-state index is 12.1. The van der Waals surface area contributed by atoms with Crippen LogP contribution in [-0.2, 0) is 4.79 Å². The Hall–Kier alpha value is -1.55. The van der Waals surface area contributed by atoms with Gasteiger partial charge in [-0.1, -0.05) is 26.8 Å². The molecule has 4 heteroatoms. The average molecular weight is 277 g/mol. The molecule has 0 radical (unpaired) electrons. The van der Waals surface area contributed by atoms with Gasteiger partial charge in [-0.15, -0.1) is 0 Å². The van der Waals surface area contributed by atoms with Crippen molar-refractivity contribution in [1.29, 1.82) is 0 Å². The number of likely N-dealkylation sites (N-methyl/N-ethyl adjacent to an activating group) is 1. The minimum Gasteiger partial charge on any atom is -0.398 e. The van der Waals surface area contributed by atoms with Crippen LogP contribution in [0.4, 0.5) is 11.4 Å². The van der Waals surface area contributed by atoms with Gasteiger partial charge < -0.3 is 11.1 Å². The van der Waals surface area contributed by atoms with E-state index in [4.69, 9.17) is 5.73 Å². The number of nitrogen functional groups attached to an aromatic ring is 1. The van der Waals surface area contributed by atoms with Crippen LogP contribution in [0.5, 0.6) is 0 Å².